The van der Waals surface area contributed by atoms with Crippen molar-refractivity contribution in [2.45, 2.75) is 66.2 Å². The first kappa shape index (κ1) is 22.3. The number of para-hydroxylation sites is 1. The van der Waals surface area contributed by atoms with Gasteiger partial charge in [0, 0.05) is 22.0 Å². The lowest BCUT2D eigenvalue weighted by molar-refractivity contribution is 0.403. The summed E-state index contributed by atoms with van der Waals surface area (Å²) >= 11 is 0. The van der Waals surface area contributed by atoms with Crippen LogP contribution in [0.5, 0.6) is 5.75 Å². The van der Waals surface area contributed by atoms with E-state index in [9.17, 15) is 0 Å². The van der Waals surface area contributed by atoms with Gasteiger partial charge >= 0.3 is 0 Å². The Kier molecular flexibility index (Phi) is 6.19. The van der Waals surface area contributed by atoms with Crippen LogP contribution < -0.4 is 4.74 Å². The molecule has 32 heavy (non-hydrogen) atoms. The molecule has 0 fully saturated rings. The normalized spacial score (nSPS) is 11.8. The molecule has 0 bridgehead atoms. The Hall–Kier alpha value is -2.94. The SMILES string of the molecule is COc1c(C)nc2ccc(CCc3nc4ccccc4c(C(C)C)c3C)cc2c1C(C)C. The van der Waals surface area contributed by atoms with Crippen LogP contribution >= 0.6 is 0 Å². The fourth-order valence-electron chi connectivity index (χ4n) is 5.07. The molecule has 3 nitrogen and oxygen atoms in total. The number of fused-ring (bicyclic) bond motifs is 2. The second-order valence-corrected chi connectivity index (χ2v) is 9.42. The topological polar surface area (TPSA) is 35.0 Å². The first-order chi connectivity index (χ1) is 15.3. The van der Waals surface area contributed by atoms with E-state index in [1.807, 2.05) is 6.92 Å². The number of aryl methyl sites for hydroxylation is 3. The minimum Gasteiger partial charge on any atom is -0.495 e. The fraction of sp³-hybridized carbons (Fsp3) is 0.379. The van der Waals surface area contributed by atoms with Crippen molar-refractivity contribution in [2.75, 3.05) is 7.11 Å². The Morgan fingerprint density at radius 2 is 1.47 bits per heavy atom. The number of rotatable bonds is 6. The summed E-state index contributed by atoms with van der Waals surface area (Å²) in [5.41, 5.74) is 9.62. The van der Waals surface area contributed by atoms with Crippen LogP contribution in [0.3, 0.4) is 0 Å². The molecule has 3 heteroatoms. The van der Waals surface area contributed by atoms with Crippen LogP contribution in [0, 0.1) is 13.8 Å². The summed E-state index contributed by atoms with van der Waals surface area (Å²) < 4.78 is 5.73. The quantitative estimate of drug-likeness (QED) is 0.321. The number of aromatic nitrogens is 2. The zero-order valence-corrected chi connectivity index (χ0v) is 20.4. The van der Waals surface area contributed by atoms with Gasteiger partial charge in [0.15, 0.2) is 0 Å². The van der Waals surface area contributed by atoms with Crippen LogP contribution in [0.25, 0.3) is 21.8 Å². The van der Waals surface area contributed by atoms with Crippen molar-refractivity contribution in [3.63, 3.8) is 0 Å². The standard InChI is InChI=1S/C29H34N2O/c1-17(2)27-19(5)24(31-25-11-9-8-10-22(25)27)14-12-21-13-15-26-23(16-21)28(18(3)4)29(32-7)20(6)30-26/h8-11,13,15-18H,12,14H2,1-7H3. The lowest BCUT2D eigenvalue weighted by Gasteiger charge is -2.18. The third-order valence-electron chi connectivity index (χ3n) is 6.51. The van der Waals surface area contributed by atoms with Crippen molar-refractivity contribution in [3.05, 3.63) is 76.1 Å². The number of methoxy groups -OCH3 is 1. The van der Waals surface area contributed by atoms with Gasteiger partial charge in [0.2, 0.25) is 0 Å². The zero-order chi connectivity index (χ0) is 23.0. The third-order valence-corrected chi connectivity index (χ3v) is 6.51. The van der Waals surface area contributed by atoms with Crippen LogP contribution in [-0.4, -0.2) is 17.1 Å². The molecular weight excluding hydrogens is 392 g/mol. The molecule has 166 valence electrons. The molecule has 0 saturated heterocycles. The van der Waals surface area contributed by atoms with E-state index in [0.29, 0.717) is 11.8 Å². The van der Waals surface area contributed by atoms with Gasteiger partial charge in [-0.25, -0.2) is 4.98 Å². The van der Waals surface area contributed by atoms with Crippen molar-refractivity contribution in [3.8, 4) is 5.75 Å². The van der Waals surface area contributed by atoms with Gasteiger partial charge in [-0.3, -0.25) is 4.98 Å². The Balaban J connectivity index is 1.74. The van der Waals surface area contributed by atoms with Crippen molar-refractivity contribution >= 4 is 21.8 Å². The summed E-state index contributed by atoms with van der Waals surface area (Å²) in [6.45, 7) is 13.3. The van der Waals surface area contributed by atoms with Crippen molar-refractivity contribution in [1.29, 1.82) is 0 Å². The molecule has 0 saturated carbocycles. The predicted octanol–water partition coefficient (Wildman–Crippen LogP) is 7.44. The molecule has 0 amide bonds. The van der Waals surface area contributed by atoms with Gasteiger partial charge in [-0.1, -0.05) is 52.0 Å². The number of benzene rings is 2. The average Bonchev–Trinajstić information content (AvgIpc) is 2.76. The van der Waals surface area contributed by atoms with E-state index >= 15 is 0 Å². The van der Waals surface area contributed by atoms with Crippen LogP contribution in [0.2, 0.25) is 0 Å². The summed E-state index contributed by atoms with van der Waals surface area (Å²) in [7, 11) is 1.74. The van der Waals surface area contributed by atoms with E-state index in [4.69, 9.17) is 14.7 Å². The number of nitrogens with zero attached hydrogens (tertiary/aromatic N) is 2. The highest BCUT2D eigenvalue weighted by atomic mass is 16.5. The average molecular weight is 427 g/mol. The Morgan fingerprint density at radius 3 is 2.16 bits per heavy atom. The first-order valence-corrected chi connectivity index (χ1v) is 11.7. The van der Waals surface area contributed by atoms with Gasteiger partial charge in [-0.15, -0.1) is 0 Å². The first-order valence-electron chi connectivity index (χ1n) is 11.7. The second kappa shape index (κ2) is 8.90. The van der Waals surface area contributed by atoms with E-state index in [0.717, 1.165) is 35.3 Å². The van der Waals surface area contributed by atoms with Crippen LogP contribution in [0.1, 0.15) is 73.2 Å². The summed E-state index contributed by atoms with van der Waals surface area (Å²) in [6, 6.07) is 15.2. The zero-order valence-electron chi connectivity index (χ0n) is 20.4. The van der Waals surface area contributed by atoms with Gasteiger partial charge < -0.3 is 4.74 Å². The molecule has 0 atom stereocenters. The van der Waals surface area contributed by atoms with E-state index < -0.39 is 0 Å². The summed E-state index contributed by atoms with van der Waals surface area (Å²) in [4.78, 5) is 9.84. The molecular formula is C29H34N2O. The highest BCUT2D eigenvalue weighted by Crippen LogP contribution is 2.36. The fourth-order valence-corrected chi connectivity index (χ4v) is 5.07. The summed E-state index contributed by atoms with van der Waals surface area (Å²) in [6.07, 6.45) is 1.88. The van der Waals surface area contributed by atoms with Crippen molar-refractivity contribution in [1.82, 2.24) is 9.97 Å². The number of ether oxygens (including phenoxy) is 1. The molecule has 0 unspecified atom stereocenters. The van der Waals surface area contributed by atoms with Gasteiger partial charge in [0.05, 0.1) is 23.8 Å². The van der Waals surface area contributed by atoms with Gasteiger partial charge in [-0.05, 0) is 73.4 Å². The number of hydrogen-bond acceptors (Lipinski definition) is 3. The summed E-state index contributed by atoms with van der Waals surface area (Å²) in [5.74, 6) is 1.75. The molecule has 0 spiro atoms. The molecule has 0 aliphatic heterocycles. The minimum atomic E-state index is 0.363. The van der Waals surface area contributed by atoms with Crippen LogP contribution in [0.4, 0.5) is 0 Å². The highest BCUT2D eigenvalue weighted by Gasteiger charge is 2.17. The number of pyridine rings is 2. The molecule has 4 rings (SSSR count). The van der Waals surface area contributed by atoms with Crippen molar-refractivity contribution in [2.24, 2.45) is 0 Å². The van der Waals surface area contributed by atoms with E-state index in [1.54, 1.807) is 7.11 Å². The molecule has 4 aromatic rings. The van der Waals surface area contributed by atoms with Crippen LogP contribution in [0.15, 0.2) is 42.5 Å². The molecule has 0 aliphatic rings. The highest BCUT2D eigenvalue weighted by molar-refractivity contribution is 5.86. The predicted molar refractivity (Wildman–Crippen MR) is 135 cm³/mol. The van der Waals surface area contributed by atoms with Crippen LogP contribution in [-0.2, 0) is 12.8 Å². The second-order valence-electron chi connectivity index (χ2n) is 9.42. The van der Waals surface area contributed by atoms with Gasteiger partial charge in [0.25, 0.3) is 0 Å². The Bertz CT molecular complexity index is 1290. The van der Waals surface area contributed by atoms with Gasteiger partial charge in [0.1, 0.15) is 5.75 Å². The maximum atomic E-state index is 5.73. The van der Waals surface area contributed by atoms with Crippen molar-refractivity contribution < 1.29 is 4.74 Å². The smallest absolute Gasteiger partial charge is 0.144 e. The lowest BCUT2D eigenvalue weighted by atomic mass is 9.91. The van der Waals surface area contributed by atoms with E-state index in [-0.39, 0.29) is 0 Å². The lowest BCUT2D eigenvalue weighted by Crippen LogP contribution is -2.05. The molecule has 2 heterocycles. The Morgan fingerprint density at radius 1 is 0.781 bits per heavy atom. The van der Waals surface area contributed by atoms with E-state index in [1.165, 1.54) is 38.7 Å². The summed E-state index contributed by atoms with van der Waals surface area (Å²) in [5, 5.41) is 2.48. The molecule has 2 aromatic carbocycles. The molecule has 0 aliphatic carbocycles. The Labute approximate surface area is 191 Å². The maximum absolute atomic E-state index is 5.73. The third kappa shape index (κ3) is 3.97. The monoisotopic (exact) mass is 426 g/mol. The van der Waals surface area contributed by atoms with Gasteiger partial charge in [-0.2, -0.15) is 0 Å². The largest absolute Gasteiger partial charge is 0.495 e. The molecule has 0 N–H and O–H groups in total. The minimum absolute atomic E-state index is 0.363. The number of hydrogen-bond donors (Lipinski definition) is 0. The molecule has 0 radical (unpaired) electrons. The maximum Gasteiger partial charge on any atom is 0.144 e. The van der Waals surface area contributed by atoms with E-state index in [2.05, 4.69) is 77.1 Å². The molecule has 2 aromatic heterocycles.